The standard InChI is InChI=1S/C15H19NO4/c1-18-15(11-20-14(16)17,13-8-5-9-19-13)10-12-6-3-2-4-7-12/h2-8,13H,9-11H2,1H3,(H2,16,17)/t13-,15+/m0/s1. The summed E-state index contributed by atoms with van der Waals surface area (Å²) in [7, 11) is 1.59. The van der Waals surface area contributed by atoms with E-state index in [1.165, 1.54) is 0 Å². The lowest BCUT2D eigenvalue weighted by Crippen LogP contribution is -2.50. The minimum atomic E-state index is -0.818. The molecule has 108 valence electrons. The number of methoxy groups -OCH3 is 1. The summed E-state index contributed by atoms with van der Waals surface area (Å²) >= 11 is 0. The third kappa shape index (κ3) is 3.37. The van der Waals surface area contributed by atoms with Gasteiger partial charge in [-0.2, -0.15) is 0 Å². The van der Waals surface area contributed by atoms with Crippen molar-refractivity contribution in [2.24, 2.45) is 5.73 Å². The molecule has 1 aromatic carbocycles. The molecule has 20 heavy (non-hydrogen) atoms. The van der Waals surface area contributed by atoms with E-state index < -0.39 is 11.7 Å². The second-order valence-electron chi connectivity index (χ2n) is 4.72. The number of rotatable bonds is 6. The fourth-order valence-corrected chi connectivity index (χ4v) is 2.34. The summed E-state index contributed by atoms with van der Waals surface area (Å²) in [6.07, 6.45) is 3.32. The molecule has 0 aliphatic carbocycles. The average molecular weight is 277 g/mol. The monoisotopic (exact) mass is 277 g/mol. The molecule has 0 spiro atoms. The summed E-state index contributed by atoms with van der Waals surface area (Å²) in [6.45, 7) is 0.573. The zero-order valence-electron chi connectivity index (χ0n) is 11.5. The van der Waals surface area contributed by atoms with Crippen LogP contribution >= 0.6 is 0 Å². The molecule has 1 heterocycles. The third-order valence-electron chi connectivity index (χ3n) is 3.41. The van der Waals surface area contributed by atoms with E-state index in [0.717, 1.165) is 5.56 Å². The van der Waals surface area contributed by atoms with Gasteiger partial charge in [0.25, 0.3) is 0 Å². The molecule has 0 fully saturated rings. The molecule has 2 N–H and O–H groups in total. The molecule has 0 bridgehead atoms. The molecular formula is C15H19NO4. The van der Waals surface area contributed by atoms with Crippen LogP contribution in [0.2, 0.25) is 0 Å². The predicted octanol–water partition coefficient (Wildman–Crippen LogP) is 1.66. The molecule has 2 atom stereocenters. The highest BCUT2D eigenvalue weighted by Gasteiger charge is 2.41. The van der Waals surface area contributed by atoms with Crippen LogP contribution in [-0.4, -0.2) is 38.1 Å². The molecule has 0 radical (unpaired) electrons. The molecule has 5 heteroatoms. The minimum absolute atomic E-state index is 0.0444. The summed E-state index contributed by atoms with van der Waals surface area (Å²) in [5.41, 5.74) is 5.37. The first-order chi connectivity index (χ1) is 9.66. The summed E-state index contributed by atoms with van der Waals surface area (Å²) in [4.78, 5) is 10.9. The van der Waals surface area contributed by atoms with E-state index >= 15 is 0 Å². The Hall–Kier alpha value is -1.85. The van der Waals surface area contributed by atoms with Gasteiger partial charge in [0, 0.05) is 13.5 Å². The number of carbonyl (C=O) groups is 1. The van der Waals surface area contributed by atoms with Crippen LogP contribution in [0.3, 0.4) is 0 Å². The molecule has 0 saturated carbocycles. The van der Waals surface area contributed by atoms with Crippen LogP contribution in [0, 0.1) is 0 Å². The Morgan fingerprint density at radius 3 is 2.75 bits per heavy atom. The number of primary amides is 1. The highest BCUT2D eigenvalue weighted by atomic mass is 16.6. The Morgan fingerprint density at radius 1 is 1.45 bits per heavy atom. The van der Waals surface area contributed by atoms with Crippen molar-refractivity contribution in [3.05, 3.63) is 48.0 Å². The lowest BCUT2D eigenvalue weighted by molar-refractivity contribution is -0.124. The first kappa shape index (κ1) is 14.6. The van der Waals surface area contributed by atoms with Crippen LogP contribution < -0.4 is 5.73 Å². The summed E-state index contributed by atoms with van der Waals surface area (Å²) in [6, 6.07) is 9.85. The maximum atomic E-state index is 10.9. The Bertz CT molecular complexity index is 474. The first-order valence-electron chi connectivity index (χ1n) is 6.46. The van der Waals surface area contributed by atoms with Crippen LogP contribution in [0.5, 0.6) is 0 Å². The highest BCUT2D eigenvalue weighted by Crippen LogP contribution is 2.28. The molecule has 0 unspecified atom stereocenters. The molecule has 1 aliphatic rings. The normalized spacial score (nSPS) is 20.6. The number of hydrogen-bond acceptors (Lipinski definition) is 4. The molecule has 1 aromatic rings. The summed E-state index contributed by atoms with van der Waals surface area (Å²) in [5.74, 6) is 0. The topological polar surface area (TPSA) is 70.8 Å². The van der Waals surface area contributed by atoms with Gasteiger partial charge in [-0.15, -0.1) is 0 Å². The van der Waals surface area contributed by atoms with Crippen LogP contribution in [0.1, 0.15) is 5.56 Å². The number of carbonyl (C=O) groups excluding carboxylic acids is 1. The van der Waals surface area contributed by atoms with Gasteiger partial charge >= 0.3 is 6.09 Å². The van der Waals surface area contributed by atoms with Crippen LogP contribution in [0.15, 0.2) is 42.5 Å². The maximum Gasteiger partial charge on any atom is 0.404 e. The Labute approximate surface area is 118 Å². The minimum Gasteiger partial charge on any atom is -0.447 e. The van der Waals surface area contributed by atoms with Gasteiger partial charge < -0.3 is 19.9 Å². The zero-order valence-corrected chi connectivity index (χ0v) is 11.5. The van der Waals surface area contributed by atoms with Gasteiger partial charge in [-0.1, -0.05) is 42.5 Å². The van der Waals surface area contributed by atoms with Gasteiger partial charge in [0.2, 0.25) is 0 Å². The molecule has 1 amide bonds. The zero-order chi connectivity index (χ0) is 14.4. The Kier molecular flexibility index (Phi) is 4.76. The smallest absolute Gasteiger partial charge is 0.404 e. The van der Waals surface area contributed by atoms with Gasteiger partial charge in [0.15, 0.2) is 0 Å². The number of benzene rings is 1. The average Bonchev–Trinajstić information content (AvgIpc) is 2.99. The predicted molar refractivity (Wildman–Crippen MR) is 74.3 cm³/mol. The van der Waals surface area contributed by atoms with E-state index in [4.69, 9.17) is 19.9 Å². The van der Waals surface area contributed by atoms with E-state index in [2.05, 4.69) is 0 Å². The Balaban J connectivity index is 2.21. The quantitative estimate of drug-likeness (QED) is 0.803. The van der Waals surface area contributed by atoms with Crippen molar-refractivity contribution in [1.82, 2.24) is 0 Å². The lowest BCUT2D eigenvalue weighted by Gasteiger charge is -2.35. The van der Waals surface area contributed by atoms with E-state index in [0.29, 0.717) is 13.0 Å². The number of amides is 1. The molecular weight excluding hydrogens is 258 g/mol. The van der Waals surface area contributed by atoms with E-state index in [1.54, 1.807) is 7.11 Å². The molecule has 5 nitrogen and oxygen atoms in total. The molecule has 0 aromatic heterocycles. The maximum absolute atomic E-state index is 10.9. The van der Waals surface area contributed by atoms with E-state index in [-0.39, 0.29) is 12.7 Å². The fraction of sp³-hybridized carbons (Fsp3) is 0.400. The van der Waals surface area contributed by atoms with Crippen molar-refractivity contribution in [2.75, 3.05) is 20.3 Å². The fourth-order valence-electron chi connectivity index (χ4n) is 2.34. The number of nitrogens with two attached hydrogens (primary N) is 1. The number of hydrogen-bond donors (Lipinski definition) is 1. The molecule has 2 rings (SSSR count). The van der Waals surface area contributed by atoms with Gasteiger partial charge in [-0.3, -0.25) is 0 Å². The largest absolute Gasteiger partial charge is 0.447 e. The second-order valence-corrected chi connectivity index (χ2v) is 4.72. The van der Waals surface area contributed by atoms with Crippen molar-refractivity contribution < 1.29 is 19.0 Å². The van der Waals surface area contributed by atoms with E-state index in [9.17, 15) is 4.79 Å². The Morgan fingerprint density at radius 2 is 2.20 bits per heavy atom. The van der Waals surface area contributed by atoms with E-state index in [1.807, 2.05) is 42.5 Å². The van der Waals surface area contributed by atoms with Crippen LogP contribution in [-0.2, 0) is 20.6 Å². The number of ether oxygens (including phenoxy) is 3. The van der Waals surface area contributed by atoms with Gasteiger partial charge in [0.1, 0.15) is 18.3 Å². The van der Waals surface area contributed by atoms with Crippen LogP contribution in [0.25, 0.3) is 0 Å². The van der Waals surface area contributed by atoms with Crippen molar-refractivity contribution in [2.45, 2.75) is 18.1 Å². The van der Waals surface area contributed by atoms with Gasteiger partial charge in [0.05, 0.1) is 6.61 Å². The van der Waals surface area contributed by atoms with Crippen molar-refractivity contribution in [3.8, 4) is 0 Å². The molecule has 0 saturated heterocycles. The molecule has 1 aliphatic heterocycles. The third-order valence-corrected chi connectivity index (χ3v) is 3.41. The van der Waals surface area contributed by atoms with Crippen molar-refractivity contribution >= 4 is 6.09 Å². The van der Waals surface area contributed by atoms with Crippen molar-refractivity contribution in [1.29, 1.82) is 0 Å². The first-order valence-corrected chi connectivity index (χ1v) is 6.46. The van der Waals surface area contributed by atoms with Gasteiger partial charge in [-0.25, -0.2) is 4.79 Å². The summed E-state index contributed by atoms with van der Waals surface area (Å²) in [5, 5.41) is 0. The van der Waals surface area contributed by atoms with Gasteiger partial charge in [-0.05, 0) is 5.56 Å². The summed E-state index contributed by atoms with van der Waals surface area (Å²) < 4.78 is 16.3. The second kappa shape index (κ2) is 6.54. The SMILES string of the molecule is CO[C@@](COC(N)=O)(Cc1ccccc1)[C@@H]1C=CCO1. The highest BCUT2D eigenvalue weighted by molar-refractivity contribution is 5.64. The van der Waals surface area contributed by atoms with Crippen LogP contribution in [0.4, 0.5) is 4.79 Å². The lowest BCUT2D eigenvalue weighted by atomic mass is 9.89. The van der Waals surface area contributed by atoms with Crippen molar-refractivity contribution in [3.63, 3.8) is 0 Å².